The number of nitriles is 1. The maximum Gasteiger partial charge on any atom is 0.246 e. The Labute approximate surface area is 124 Å². The summed E-state index contributed by atoms with van der Waals surface area (Å²) in [6, 6.07) is 8.15. The minimum atomic E-state index is -0.285. The highest BCUT2D eigenvalue weighted by Gasteiger charge is 2.18. The summed E-state index contributed by atoms with van der Waals surface area (Å²) in [5.41, 5.74) is 0.803. The molecular weight excluding hydrogens is 269 g/mol. The zero-order valence-corrected chi connectivity index (χ0v) is 11.8. The fraction of sp³-hybridized carbons (Fsp3) is 0.375. The Kier molecular flexibility index (Phi) is 5.47. The number of amides is 1. The van der Waals surface area contributed by atoms with Crippen LogP contribution in [0.25, 0.3) is 6.08 Å². The SMILES string of the molecule is N#CCCN1CCN(C(=O)/C=C/c2ccc(F)cc2)CC1. The number of carbonyl (C=O) groups is 1. The largest absolute Gasteiger partial charge is 0.337 e. The van der Waals surface area contributed by atoms with Crippen molar-refractivity contribution in [1.29, 1.82) is 5.26 Å². The number of hydrogen-bond donors (Lipinski definition) is 0. The van der Waals surface area contributed by atoms with Gasteiger partial charge < -0.3 is 4.90 Å². The Balaban J connectivity index is 1.82. The smallest absolute Gasteiger partial charge is 0.246 e. The molecule has 0 aliphatic carbocycles. The van der Waals surface area contributed by atoms with Crippen LogP contribution < -0.4 is 0 Å². The molecule has 4 nitrogen and oxygen atoms in total. The summed E-state index contributed by atoms with van der Waals surface area (Å²) >= 11 is 0. The fourth-order valence-electron chi connectivity index (χ4n) is 2.25. The molecule has 0 bridgehead atoms. The van der Waals surface area contributed by atoms with Crippen LogP contribution in [-0.2, 0) is 4.79 Å². The lowest BCUT2D eigenvalue weighted by molar-refractivity contribution is -0.127. The van der Waals surface area contributed by atoms with Crippen molar-refractivity contribution in [3.63, 3.8) is 0 Å². The van der Waals surface area contributed by atoms with E-state index < -0.39 is 0 Å². The Bertz CT molecular complexity index is 540. The van der Waals surface area contributed by atoms with Crippen LogP contribution in [0, 0.1) is 17.1 Å². The molecule has 0 spiro atoms. The Morgan fingerprint density at radius 1 is 1.24 bits per heavy atom. The number of piperazine rings is 1. The molecule has 0 saturated carbocycles. The van der Waals surface area contributed by atoms with Gasteiger partial charge in [-0.05, 0) is 23.8 Å². The van der Waals surface area contributed by atoms with E-state index in [1.807, 2.05) is 0 Å². The standard InChI is InChI=1S/C16H18FN3O/c17-15-5-2-14(3-6-15)4-7-16(21)20-12-10-19(11-13-20)9-1-8-18/h2-7H,1,9-13H2/b7-4+. The summed E-state index contributed by atoms with van der Waals surface area (Å²) in [5.74, 6) is -0.314. The van der Waals surface area contributed by atoms with Gasteiger partial charge in [0.05, 0.1) is 6.07 Å². The highest BCUT2D eigenvalue weighted by atomic mass is 19.1. The van der Waals surface area contributed by atoms with Gasteiger partial charge >= 0.3 is 0 Å². The van der Waals surface area contributed by atoms with Gasteiger partial charge in [-0.25, -0.2) is 4.39 Å². The van der Waals surface area contributed by atoms with E-state index in [9.17, 15) is 9.18 Å². The van der Waals surface area contributed by atoms with Crippen LogP contribution in [0.4, 0.5) is 4.39 Å². The Hall–Kier alpha value is -2.19. The van der Waals surface area contributed by atoms with E-state index in [0.29, 0.717) is 19.5 Å². The van der Waals surface area contributed by atoms with E-state index in [4.69, 9.17) is 5.26 Å². The van der Waals surface area contributed by atoms with Crippen molar-refractivity contribution in [1.82, 2.24) is 9.80 Å². The molecule has 1 aliphatic heterocycles. The Morgan fingerprint density at radius 2 is 1.90 bits per heavy atom. The molecule has 1 aromatic rings. The van der Waals surface area contributed by atoms with Crippen molar-refractivity contribution in [2.75, 3.05) is 32.7 Å². The van der Waals surface area contributed by atoms with Crippen LogP contribution in [0.5, 0.6) is 0 Å². The first kappa shape index (κ1) is 15.2. The minimum absolute atomic E-state index is 0.0285. The monoisotopic (exact) mass is 287 g/mol. The predicted octanol–water partition coefficient (Wildman–Crippen LogP) is 1.90. The van der Waals surface area contributed by atoms with Gasteiger partial charge in [-0.1, -0.05) is 12.1 Å². The van der Waals surface area contributed by atoms with E-state index >= 15 is 0 Å². The molecule has 21 heavy (non-hydrogen) atoms. The molecule has 0 unspecified atom stereocenters. The summed E-state index contributed by atoms with van der Waals surface area (Å²) in [6.07, 6.45) is 3.75. The highest BCUT2D eigenvalue weighted by molar-refractivity contribution is 5.91. The molecule has 1 amide bonds. The van der Waals surface area contributed by atoms with Crippen LogP contribution >= 0.6 is 0 Å². The maximum atomic E-state index is 12.8. The van der Waals surface area contributed by atoms with Gasteiger partial charge in [-0.15, -0.1) is 0 Å². The van der Waals surface area contributed by atoms with Crippen molar-refractivity contribution < 1.29 is 9.18 Å². The summed E-state index contributed by atoms with van der Waals surface area (Å²) in [6.45, 7) is 3.73. The third-order valence-corrected chi connectivity index (χ3v) is 3.51. The number of carbonyl (C=O) groups excluding carboxylic acids is 1. The quantitative estimate of drug-likeness (QED) is 0.795. The maximum absolute atomic E-state index is 12.8. The zero-order valence-electron chi connectivity index (χ0n) is 11.8. The molecule has 0 aromatic heterocycles. The first-order valence-corrected chi connectivity index (χ1v) is 7.01. The molecule has 1 fully saturated rings. The lowest BCUT2D eigenvalue weighted by Gasteiger charge is -2.33. The Morgan fingerprint density at radius 3 is 2.52 bits per heavy atom. The van der Waals surface area contributed by atoms with E-state index in [-0.39, 0.29) is 11.7 Å². The second-order valence-electron chi connectivity index (χ2n) is 4.96. The lowest BCUT2D eigenvalue weighted by atomic mass is 10.2. The van der Waals surface area contributed by atoms with Gasteiger partial charge in [0.1, 0.15) is 5.82 Å². The first-order valence-electron chi connectivity index (χ1n) is 7.01. The van der Waals surface area contributed by atoms with Crippen molar-refractivity contribution >= 4 is 12.0 Å². The molecule has 1 heterocycles. The number of benzene rings is 1. The molecule has 0 N–H and O–H groups in total. The second-order valence-corrected chi connectivity index (χ2v) is 4.96. The lowest BCUT2D eigenvalue weighted by Crippen LogP contribution is -2.48. The highest BCUT2D eigenvalue weighted by Crippen LogP contribution is 2.07. The van der Waals surface area contributed by atoms with Gasteiger partial charge in [0, 0.05) is 45.2 Å². The average Bonchev–Trinajstić information content (AvgIpc) is 2.52. The zero-order chi connectivity index (χ0) is 15.1. The van der Waals surface area contributed by atoms with Gasteiger partial charge in [0.25, 0.3) is 0 Å². The molecular formula is C16H18FN3O. The average molecular weight is 287 g/mol. The van der Waals surface area contributed by atoms with Crippen molar-refractivity contribution in [2.24, 2.45) is 0 Å². The van der Waals surface area contributed by atoms with E-state index in [0.717, 1.165) is 25.2 Å². The van der Waals surface area contributed by atoms with E-state index in [1.54, 1.807) is 23.1 Å². The predicted molar refractivity (Wildman–Crippen MR) is 78.7 cm³/mol. The van der Waals surface area contributed by atoms with Crippen LogP contribution in [0.1, 0.15) is 12.0 Å². The van der Waals surface area contributed by atoms with E-state index in [2.05, 4.69) is 11.0 Å². The van der Waals surface area contributed by atoms with Crippen LogP contribution in [0.2, 0.25) is 0 Å². The molecule has 2 rings (SSSR count). The van der Waals surface area contributed by atoms with Gasteiger partial charge in [-0.3, -0.25) is 9.69 Å². The molecule has 1 aromatic carbocycles. The third kappa shape index (κ3) is 4.69. The van der Waals surface area contributed by atoms with Crippen LogP contribution in [0.3, 0.4) is 0 Å². The van der Waals surface area contributed by atoms with Gasteiger partial charge in [0.2, 0.25) is 5.91 Å². The minimum Gasteiger partial charge on any atom is -0.337 e. The van der Waals surface area contributed by atoms with E-state index in [1.165, 1.54) is 18.2 Å². The molecule has 5 heteroatoms. The number of nitrogens with zero attached hydrogens (tertiary/aromatic N) is 3. The number of hydrogen-bond acceptors (Lipinski definition) is 3. The van der Waals surface area contributed by atoms with Crippen LogP contribution in [0.15, 0.2) is 30.3 Å². The number of rotatable bonds is 4. The van der Waals surface area contributed by atoms with Crippen LogP contribution in [-0.4, -0.2) is 48.4 Å². The van der Waals surface area contributed by atoms with Crippen molar-refractivity contribution in [3.05, 3.63) is 41.7 Å². The van der Waals surface area contributed by atoms with Gasteiger partial charge in [-0.2, -0.15) is 5.26 Å². The molecule has 110 valence electrons. The summed E-state index contributed by atoms with van der Waals surface area (Å²) in [5, 5.41) is 8.56. The van der Waals surface area contributed by atoms with Gasteiger partial charge in [0.15, 0.2) is 0 Å². The molecule has 0 radical (unpaired) electrons. The molecule has 1 saturated heterocycles. The first-order chi connectivity index (χ1) is 10.2. The molecule has 1 aliphatic rings. The molecule has 0 atom stereocenters. The normalized spacial score (nSPS) is 16.1. The van der Waals surface area contributed by atoms with Crippen molar-refractivity contribution in [2.45, 2.75) is 6.42 Å². The summed E-state index contributed by atoms with van der Waals surface area (Å²) < 4.78 is 12.8. The topological polar surface area (TPSA) is 47.3 Å². The number of halogens is 1. The summed E-state index contributed by atoms with van der Waals surface area (Å²) in [7, 11) is 0. The summed E-state index contributed by atoms with van der Waals surface area (Å²) in [4.78, 5) is 16.0. The van der Waals surface area contributed by atoms with Crippen molar-refractivity contribution in [3.8, 4) is 6.07 Å². The third-order valence-electron chi connectivity index (χ3n) is 3.51. The second kappa shape index (κ2) is 7.55. The fourth-order valence-corrected chi connectivity index (χ4v) is 2.25.